The molecule has 136 valence electrons. The summed E-state index contributed by atoms with van der Waals surface area (Å²) >= 11 is 0. The average molecular weight is 353 g/mol. The second kappa shape index (κ2) is 6.48. The Labute approximate surface area is 152 Å². The lowest BCUT2D eigenvalue weighted by atomic mass is 9.82. The van der Waals surface area contributed by atoms with E-state index in [0.29, 0.717) is 5.76 Å². The number of ketones is 1. The summed E-state index contributed by atoms with van der Waals surface area (Å²) < 4.78 is 5.37. The summed E-state index contributed by atoms with van der Waals surface area (Å²) in [6, 6.07) is 10.5. The molecule has 1 amide bonds. The van der Waals surface area contributed by atoms with Crippen molar-refractivity contribution in [1.29, 1.82) is 0 Å². The summed E-state index contributed by atoms with van der Waals surface area (Å²) in [5.41, 5.74) is 1.25. The van der Waals surface area contributed by atoms with Gasteiger partial charge in [0.2, 0.25) is 0 Å². The highest BCUT2D eigenvalue weighted by Gasteiger charge is 2.46. The molecule has 1 aromatic heterocycles. The number of rotatable bonds is 4. The van der Waals surface area contributed by atoms with Gasteiger partial charge < -0.3 is 14.4 Å². The number of carbonyl (C=O) groups excluding carboxylic acids is 2. The maximum Gasteiger partial charge on any atom is 0.290 e. The quantitative estimate of drug-likeness (QED) is 0.898. The number of aliphatic hydroxyl groups is 1. The number of benzene rings is 1. The van der Waals surface area contributed by atoms with Crippen molar-refractivity contribution in [2.24, 2.45) is 5.41 Å². The predicted molar refractivity (Wildman–Crippen MR) is 97.3 cm³/mol. The van der Waals surface area contributed by atoms with Crippen LogP contribution in [0.2, 0.25) is 0 Å². The van der Waals surface area contributed by atoms with Crippen LogP contribution < -0.4 is 0 Å². The van der Waals surface area contributed by atoms with Gasteiger partial charge in [-0.25, -0.2) is 0 Å². The molecule has 1 aliphatic rings. The van der Waals surface area contributed by atoms with Gasteiger partial charge in [-0.2, -0.15) is 0 Å². The van der Waals surface area contributed by atoms with E-state index in [1.165, 1.54) is 11.2 Å². The van der Waals surface area contributed by atoms with Crippen LogP contribution in [-0.4, -0.2) is 21.7 Å². The number of hydrogen-bond acceptors (Lipinski definition) is 4. The molecule has 0 spiro atoms. The van der Waals surface area contributed by atoms with Crippen LogP contribution in [0, 0.1) is 12.3 Å². The van der Waals surface area contributed by atoms with E-state index in [2.05, 4.69) is 0 Å². The summed E-state index contributed by atoms with van der Waals surface area (Å²) in [5.74, 6) is -0.673. The third-order valence-electron chi connectivity index (χ3n) is 4.49. The second-order valence-corrected chi connectivity index (χ2v) is 7.67. The first-order valence-electron chi connectivity index (χ1n) is 8.58. The third-order valence-corrected chi connectivity index (χ3v) is 4.49. The molecule has 0 radical (unpaired) electrons. The molecule has 1 aliphatic heterocycles. The zero-order valence-corrected chi connectivity index (χ0v) is 15.4. The third kappa shape index (κ3) is 3.17. The molecule has 0 fully saturated rings. The smallest absolute Gasteiger partial charge is 0.290 e. The van der Waals surface area contributed by atoms with Crippen LogP contribution in [0.1, 0.15) is 43.7 Å². The molecule has 1 atom stereocenters. The van der Waals surface area contributed by atoms with Crippen LogP contribution in [0.3, 0.4) is 0 Å². The molecular weight excluding hydrogens is 330 g/mol. The summed E-state index contributed by atoms with van der Waals surface area (Å²) in [6.07, 6.45) is 1.53. The lowest BCUT2D eigenvalue weighted by Crippen LogP contribution is -2.32. The van der Waals surface area contributed by atoms with Gasteiger partial charge in [0.05, 0.1) is 24.4 Å². The Kier molecular flexibility index (Phi) is 4.48. The van der Waals surface area contributed by atoms with Crippen molar-refractivity contribution in [3.05, 3.63) is 70.9 Å². The lowest BCUT2D eigenvalue weighted by Gasteiger charge is -2.28. The highest BCUT2D eigenvalue weighted by Crippen LogP contribution is 2.41. The zero-order chi connectivity index (χ0) is 19.1. The number of amides is 1. The maximum atomic E-state index is 13.0. The SMILES string of the molecule is Cc1cccc(C2C(C(=O)C(C)(C)C)=C(O)C(=O)N2Cc2ccco2)c1. The van der Waals surface area contributed by atoms with Crippen LogP contribution in [0.25, 0.3) is 0 Å². The Morgan fingerprint density at radius 2 is 1.96 bits per heavy atom. The zero-order valence-electron chi connectivity index (χ0n) is 15.4. The van der Waals surface area contributed by atoms with E-state index in [0.717, 1.165) is 11.1 Å². The number of aryl methyl sites for hydroxylation is 1. The number of Topliss-reactive ketones (excluding diaryl/α,β-unsaturated/α-hetero) is 1. The Morgan fingerprint density at radius 1 is 1.23 bits per heavy atom. The predicted octanol–water partition coefficient (Wildman–Crippen LogP) is 4.10. The van der Waals surface area contributed by atoms with E-state index in [1.54, 1.807) is 32.9 Å². The van der Waals surface area contributed by atoms with Crippen molar-refractivity contribution in [3.8, 4) is 0 Å². The van der Waals surface area contributed by atoms with Gasteiger partial charge in [-0.05, 0) is 24.6 Å². The molecule has 26 heavy (non-hydrogen) atoms. The number of carbonyl (C=O) groups is 2. The molecule has 0 aliphatic carbocycles. The normalized spacial score (nSPS) is 17.9. The molecule has 2 aromatic rings. The highest BCUT2D eigenvalue weighted by molar-refractivity contribution is 6.10. The molecule has 2 heterocycles. The van der Waals surface area contributed by atoms with E-state index < -0.39 is 23.1 Å². The van der Waals surface area contributed by atoms with Crippen LogP contribution in [0.5, 0.6) is 0 Å². The summed E-state index contributed by atoms with van der Waals surface area (Å²) in [7, 11) is 0. The largest absolute Gasteiger partial charge is 0.503 e. The fourth-order valence-electron chi connectivity index (χ4n) is 3.21. The Hall–Kier alpha value is -2.82. The van der Waals surface area contributed by atoms with Crippen LogP contribution in [0.15, 0.2) is 58.4 Å². The number of hydrogen-bond donors (Lipinski definition) is 1. The van der Waals surface area contributed by atoms with E-state index in [4.69, 9.17) is 4.42 Å². The Morgan fingerprint density at radius 3 is 2.54 bits per heavy atom. The fourth-order valence-corrected chi connectivity index (χ4v) is 3.21. The van der Waals surface area contributed by atoms with Gasteiger partial charge in [-0.3, -0.25) is 9.59 Å². The molecular formula is C21H23NO4. The van der Waals surface area contributed by atoms with Gasteiger partial charge in [0.1, 0.15) is 5.76 Å². The lowest BCUT2D eigenvalue weighted by molar-refractivity contribution is -0.130. The minimum Gasteiger partial charge on any atom is -0.503 e. The first kappa shape index (κ1) is 18.0. The molecule has 5 heteroatoms. The van der Waals surface area contributed by atoms with Crippen molar-refractivity contribution in [1.82, 2.24) is 4.90 Å². The van der Waals surface area contributed by atoms with Gasteiger partial charge in [0, 0.05) is 5.41 Å². The van der Waals surface area contributed by atoms with E-state index >= 15 is 0 Å². The van der Waals surface area contributed by atoms with Gasteiger partial charge in [0.25, 0.3) is 5.91 Å². The van der Waals surface area contributed by atoms with Crippen molar-refractivity contribution in [3.63, 3.8) is 0 Å². The van der Waals surface area contributed by atoms with E-state index in [-0.39, 0.29) is 17.9 Å². The van der Waals surface area contributed by atoms with Gasteiger partial charge in [-0.15, -0.1) is 0 Å². The molecule has 0 saturated heterocycles. The van der Waals surface area contributed by atoms with Crippen LogP contribution in [-0.2, 0) is 16.1 Å². The Bertz CT molecular complexity index is 872. The van der Waals surface area contributed by atoms with Crippen LogP contribution >= 0.6 is 0 Å². The molecule has 1 aromatic carbocycles. The van der Waals surface area contributed by atoms with Gasteiger partial charge in [-0.1, -0.05) is 50.6 Å². The number of furan rings is 1. The van der Waals surface area contributed by atoms with Crippen molar-refractivity contribution < 1.29 is 19.1 Å². The van der Waals surface area contributed by atoms with Crippen molar-refractivity contribution >= 4 is 11.7 Å². The summed E-state index contributed by atoms with van der Waals surface area (Å²) in [6.45, 7) is 7.47. The highest BCUT2D eigenvalue weighted by atomic mass is 16.3. The van der Waals surface area contributed by atoms with Gasteiger partial charge in [0.15, 0.2) is 11.5 Å². The molecule has 0 bridgehead atoms. The monoisotopic (exact) mass is 353 g/mol. The molecule has 1 N–H and O–H groups in total. The second-order valence-electron chi connectivity index (χ2n) is 7.67. The standard InChI is InChI=1S/C21H23NO4/c1-13-7-5-8-14(11-13)17-16(19(24)21(2,3)4)18(23)20(25)22(17)12-15-9-6-10-26-15/h5-11,17,23H,12H2,1-4H3. The molecule has 1 unspecified atom stereocenters. The Balaban J connectivity index is 2.11. The molecule has 3 rings (SSSR count). The maximum absolute atomic E-state index is 13.0. The number of nitrogens with zero attached hydrogens (tertiary/aromatic N) is 1. The number of aliphatic hydroxyl groups excluding tert-OH is 1. The van der Waals surface area contributed by atoms with Crippen LogP contribution in [0.4, 0.5) is 0 Å². The van der Waals surface area contributed by atoms with E-state index in [1.807, 2.05) is 31.2 Å². The van der Waals surface area contributed by atoms with Crippen molar-refractivity contribution in [2.45, 2.75) is 40.3 Å². The molecule has 0 saturated carbocycles. The van der Waals surface area contributed by atoms with Crippen molar-refractivity contribution in [2.75, 3.05) is 0 Å². The molecule has 5 nitrogen and oxygen atoms in total. The minimum absolute atomic E-state index is 0.152. The first-order chi connectivity index (χ1) is 12.2. The first-order valence-corrected chi connectivity index (χ1v) is 8.58. The summed E-state index contributed by atoms with van der Waals surface area (Å²) in [5, 5.41) is 10.5. The fraction of sp³-hybridized carbons (Fsp3) is 0.333. The minimum atomic E-state index is -0.716. The van der Waals surface area contributed by atoms with Gasteiger partial charge >= 0.3 is 0 Å². The average Bonchev–Trinajstić information content (AvgIpc) is 3.16. The topological polar surface area (TPSA) is 70.8 Å². The van der Waals surface area contributed by atoms with E-state index in [9.17, 15) is 14.7 Å². The summed E-state index contributed by atoms with van der Waals surface area (Å²) in [4.78, 5) is 27.3.